The highest BCUT2D eigenvalue weighted by molar-refractivity contribution is 7.17. The van der Waals surface area contributed by atoms with Crippen LogP contribution in [-0.4, -0.2) is 82.6 Å². The molecular formula is C35H36ClN7O4S. The first-order valence-electron chi connectivity index (χ1n) is 16.0. The molecular weight excluding hydrogens is 650 g/mol. The molecule has 0 unspecified atom stereocenters. The van der Waals surface area contributed by atoms with Crippen LogP contribution in [0.1, 0.15) is 46.1 Å². The van der Waals surface area contributed by atoms with Crippen molar-refractivity contribution in [1.82, 2.24) is 33.9 Å². The van der Waals surface area contributed by atoms with Crippen molar-refractivity contribution < 1.29 is 14.7 Å². The summed E-state index contributed by atoms with van der Waals surface area (Å²) in [6, 6.07) is 13.4. The molecule has 2 aliphatic rings. The van der Waals surface area contributed by atoms with Gasteiger partial charge in [0.1, 0.15) is 21.9 Å². The number of halogens is 1. The van der Waals surface area contributed by atoms with Crippen LogP contribution in [-0.2, 0) is 18.4 Å². The number of aromatic nitrogens is 5. The van der Waals surface area contributed by atoms with E-state index in [1.54, 1.807) is 35.3 Å². The van der Waals surface area contributed by atoms with Gasteiger partial charge in [-0.25, -0.2) is 9.97 Å². The third kappa shape index (κ3) is 6.15. The number of pyridine rings is 1. The fourth-order valence-electron chi connectivity index (χ4n) is 7.01. The molecule has 2 fully saturated rings. The summed E-state index contributed by atoms with van der Waals surface area (Å²) in [4.78, 5) is 58.6. The summed E-state index contributed by atoms with van der Waals surface area (Å²) in [5, 5.41) is 13.2. The van der Waals surface area contributed by atoms with E-state index in [1.165, 1.54) is 22.2 Å². The zero-order valence-corrected chi connectivity index (χ0v) is 28.3. The monoisotopic (exact) mass is 685 g/mol. The Morgan fingerprint density at radius 2 is 1.85 bits per heavy atom. The topological polar surface area (TPSA) is 126 Å². The van der Waals surface area contributed by atoms with E-state index in [9.17, 15) is 19.5 Å². The van der Waals surface area contributed by atoms with E-state index in [4.69, 9.17) is 11.6 Å². The quantitative estimate of drug-likeness (QED) is 0.279. The van der Waals surface area contributed by atoms with Gasteiger partial charge in [0.2, 0.25) is 5.91 Å². The van der Waals surface area contributed by atoms with Gasteiger partial charge in [0, 0.05) is 69.2 Å². The van der Waals surface area contributed by atoms with E-state index >= 15 is 0 Å². The number of aliphatic hydroxyl groups is 1. The number of likely N-dealkylation sites (tertiary alicyclic amines) is 2. The third-order valence-corrected chi connectivity index (χ3v) is 11.1. The molecule has 248 valence electrons. The normalized spacial score (nSPS) is 19.5. The Labute approximate surface area is 286 Å². The summed E-state index contributed by atoms with van der Waals surface area (Å²) in [7, 11) is 1.84. The molecule has 0 aliphatic carbocycles. The molecule has 5 aromatic rings. The number of amides is 2. The number of carbonyl (C=O) groups excluding carboxylic acids is 2. The van der Waals surface area contributed by atoms with Crippen molar-refractivity contribution in [1.29, 1.82) is 0 Å². The summed E-state index contributed by atoms with van der Waals surface area (Å²) in [5.74, 6) is -0.568. The number of hydrogen-bond acceptors (Lipinski definition) is 8. The van der Waals surface area contributed by atoms with E-state index < -0.39 is 5.60 Å². The predicted octanol–water partition coefficient (Wildman–Crippen LogP) is 4.51. The number of rotatable bonds is 6. The second kappa shape index (κ2) is 12.9. The molecule has 2 amide bonds. The minimum absolute atomic E-state index is 0.0345. The van der Waals surface area contributed by atoms with Gasteiger partial charge in [-0.15, -0.1) is 11.3 Å². The molecule has 11 nitrogen and oxygen atoms in total. The van der Waals surface area contributed by atoms with Crippen molar-refractivity contribution in [2.75, 3.05) is 26.2 Å². The van der Waals surface area contributed by atoms with Gasteiger partial charge in [0.25, 0.3) is 11.5 Å². The summed E-state index contributed by atoms with van der Waals surface area (Å²) < 4.78 is 3.26. The van der Waals surface area contributed by atoms with Gasteiger partial charge in [-0.05, 0) is 43.9 Å². The number of benzene rings is 1. The molecule has 0 spiro atoms. The Balaban J connectivity index is 1.05. The highest BCUT2D eigenvalue weighted by atomic mass is 35.5. The van der Waals surface area contributed by atoms with Crippen molar-refractivity contribution in [3.05, 3.63) is 98.9 Å². The fourth-order valence-corrected chi connectivity index (χ4v) is 8.20. The summed E-state index contributed by atoms with van der Waals surface area (Å²) in [6.07, 6.45) is 7.74. The van der Waals surface area contributed by atoms with E-state index in [1.807, 2.05) is 54.1 Å². The molecule has 13 heteroatoms. The number of aryl methyl sites for hydroxylation is 2. The molecule has 0 saturated carbocycles. The average Bonchev–Trinajstić information content (AvgIpc) is 3.68. The van der Waals surface area contributed by atoms with Gasteiger partial charge in [-0.2, -0.15) is 0 Å². The van der Waals surface area contributed by atoms with E-state index in [0.717, 1.165) is 11.1 Å². The number of fused-ring (bicyclic) bond motifs is 1. The summed E-state index contributed by atoms with van der Waals surface area (Å²) >= 11 is 7.47. The van der Waals surface area contributed by atoms with Gasteiger partial charge in [-0.1, -0.05) is 41.9 Å². The molecule has 48 heavy (non-hydrogen) atoms. The van der Waals surface area contributed by atoms with Crippen LogP contribution in [0.3, 0.4) is 0 Å². The van der Waals surface area contributed by atoms with Crippen LogP contribution in [0.4, 0.5) is 0 Å². The van der Waals surface area contributed by atoms with Crippen molar-refractivity contribution in [3.63, 3.8) is 0 Å². The maximum Gasteiger partial charge on any atom is 0.265 e. The van der Waals surface area contributed by atoms with Gasteiger partial charge < -0.3 is 19.5 Å². The number of hydrogen-bond donors (Lipinski definition) is 1. The Kier molecular flexibility index (Phi) is 8.65. The first-order chi connectivity index (χ1) is 23.1. The van der Waals surface area contributed by atoms with Crippen LogP contribution in [0.5, 0.6) is 0 Å². The number of thiazole rings is 1. The van der Waals surface area contributed by atoms with Crippen LogP contribution >= 0.6 is 22.9 Å². The maximum absolute atomic E-state index is 14.1. The predicted molar refractivity (Wildman–Crippen MR) is 184 cm³/mol. The first-order valence-corrected chi connectivity index (χ1v) is 17.2. The molecule has 2 saturated heterocycles. The molecule has 2 atom stereocenters. The number of nitrogens with zero attached hydrogens (tertiary/aromatic N) is 7. The van der Waals surface area contributed by atoms with Crippen LogP contribution in [0.2, 0.25) is 5.02 Å². The molecule has 1 aromatic carbocycles. The summed E-state index contributed by atoms with van der Waals surface area (Å²) in [6.45, 7) is 3.56. The third-order valence-electron chi connectivity index (χ3n) is 9.71. The van der Waals surface area contributed by atoms with Crippen molar-refractivity contribution in [2.24, 2.45) is 13.0 Å². The lowest BCUT2D eigenvalue weighted by Crippen LogP contribution is -2.53. The Hall–Kier alpha value is -4.39. The van der Waals surface area contributed by atoms with Crippen LogP contribution in [0, 0.1) is 12.8 Å². The van der Waals surface area contributed by atoms with Crippen molar-refractivity contribution >= 4 is 45.8 Å². The zero-order chi connectivity index (χ0) is 33.6. The lowest BCUT2D eigenvalue weighted by atomic mass is 9.79. The van der Waals surface area contributed by atoms with Gasteiger partial charge >= 0.3 is 0 Å². The van der Waals surface area contributed by atoms with E-state index in [-0.39, 0.29) is 35.8 Å². The van der Waals surface area contributed by atoms with Gasteiger partial charge in [0.05, 0.1) is 28.2 Å². The SMILES string of the molecule is Cc1nc(-c2cncc(Cl)c2)sc1C(=O)N1CC[C@@H](C(=O)N2CCC(O)(Cn3cnc4c(ccn4C)c3=O)CC2)[C@H](c2ccccc2)C1. The first kappa shape index (κ1) is 32.2. The fraction of sp³-hybridized carbons (Fsp3) is 0.371. The lowest BCUT2D eigenvalue weighted by molar-refractivity contribution is -0.142. The van der Waals surface area contributed by atoms with E-state index in [0.29, 0.717) is 77.1 Å². The average molecular weight is 686 g/mol. The second-order valence-corrected chi connectivity index (χ2v) is 14.3. The standard InChI is InChI=1S/C35H36ClN7O4S/c1-22-29(48-31(39-22)24-16-25(36)18-37-17-24)34(46)42-13-9-26(28(19-42)23-6-4-3-5-7-23)32(44)41-14-10-35(47,11-15-41)20-43-21-38-30-27(33(43)45)8-12-40(30)2/h3-8,12,16-18,21,26,28,47H,9-11,13-15,19-20H2,1-2H3/t26-,28+/m1/s1. The van der Waals surface area contributed by atoms with Gasteiger partial charge in [-0.3, -0.25) is 23.9 Å². The zero-order valence-electron chi connectivity index (χ0n) is 26.8. The second-order valence-electron chi connectivity index (χ2n) is 12.9. The minimum Gasteiger partial charge on any atom is -0.388 e. The van der Waals surface area contributed by atoms with Crippen LogP contribution in [0.15, 0.2) is 72.2 Å². The molecule has 2 aliphatic heterocycles. The van der Waals surface area contributed by atoms with E-state index in [2.05, 4.69) is 15.0 Å². The minimum atomic E-state index is -1.13. The van der Waals surface area contributed by atoms with Gasteiger partial charge in [0.15, 0.2) is 0 Å². The smallest absolute Gasteiger partial charge is 0.265 e. The van der Waals surface area contributed by atoms with Crippen LogP contribution in [0.25, 0.3) is 21.6 Å². The highest BCUT2D eigenvalue weighted by Crippen LogP contribution is 2.37. The summed E-state index contributed by atoms with van der Waals surface area (Å²) in [5.41, 5.74) is 1.70. The molecule has 6 heterocycles. The molecule has 1 N–H and O–H groups in total. The largest absolute Gasteiger partial charge is 0.388 e. The maximum atomic E-state index is 14.1. The van der Waals surface area contributed by atoms with Crippen molar-refractivity contribution in [2.45, 2.75) is 44.2 Å². The van der Waals surface area contributed by atoms with Crippen LogP contribution < -0.4 is 5.56 Å². The molecule has 0 bridgehead atoms. The van der Waals surface area contributed by atoms with Crippen molar-refractivity contribution in [3.8, 4) is 10.6 Å². The number of carbonyl (C=O) groups is 2. The Morgan fingerprint density at radius 3 is 2.60 bits per heavy atom. The Morgan fingerprint density at radius 1 is 1.08 bits per heavy atom. The lowest BCUT2D eigenvalue weighted by Gasteiger charge is -2.43. The number of piperidine rings is 2. The Bertz CT molecular complexity index is 2050. The molecule has 7 rings (SSSR count). The molecule has 0 radical (unpaired) electrons. The molecule has 4 aromatic heterocycles. The highest BCUT2D eigenvalue weighted by Gasteiger charge is 2.42.